The molecule has 2 rings (SSSR count). The van der Waals surface area contributed by atoms with Crippen LogP contribution in [-0.4, -0.2) is 5.11 Å². The summed E-state index contributed by atoms with van der Waals surface area (Å²) in [5.74, 6) is 0.322. The Morgan fingerprint density at radius 2 is 1.67 bits per heavy atom. The molecular formula is C11H13Cl2OV-. The molecule has 0 heterocycles. The summed E-state index contributed by atoms with van der Waals surface area (Å²) in [6.07, 6.45) is 10.0. The number of phenols is 1. The van der Waals surface area contributed by atoms with Gasteiger partial charge in [0.05, 0.1) is 0 Å². The third-order valence-corrected chi connectivity index (χ3v) is 1.34. The summed E-state index contributed by atoms with van der Waals surface area (Å²) in [5.41, 5.74) is 0. The van der Waals surface area contributed by atoms with Crippen molar-refractivity contribution in [2.75, 3.05) is 0 Å². The molecular weight excluding hydrogens is 270 g/mol. The van der Waals surface area contributed by atoms with Crippen LogP contribution in [0.2, 0.25) is 0 Å². The molecule has 4 heteroatoms. The first-order valence-electron chi connectivity index (χ1n) is 3.85. The molecule has 1 aliphatic rings. The SMILES string of the molecule is Cl.Cl.Oc1ccccc1.[C-]1=CC=CC1.[V]. The van der Waals surface area contributed by atoms with E-state index in [9.17, 15) is 0 Å². The Morgan fingerprint density at radius 3 is 1.87 bits per heavy atom. The second-order valence-electron chi connectivity index (χ2n) is 2.34. The van der Waals surface area contributed by atoms with E-state index in [1.165, 1.54) is 0 Å². The van der Waals surface area contributed by atoms with Crippen LogP contribution < -0.4 is 0 Å². The number of para-hydroxylation sites is 1. The summed E-state index contributed by atoms with van der Waals surface area (Å²) in [7, 11) is 0. The Kier molecular flexibility index (Phi) is 18.3. The van der Waals surface area contributed by atoms with Gasteiger partial charge in [-0.3, -0.25) is 6.08 Å². The standard InChI is InChI=1S/C6H6O.C5H5.2ClH.V/c7-6-4-2-1-3-5-6;1-2-4-5-3-1;;;/h1-5,7H;1-3H,4H2;2*1H;/q;-1;;;. The first-order chi connectivity index (χ1) is 5.89. The van der Waals surface area contributed by atoms with Crippen LogP contribution in [0.5, 0.6) is 5.75 Å². The molecule has 0 aliphatic heterocycles. The summed E-state index contributed by atoms with van der Waals surface area (Å²) in [6.45, 7) is 0. The van der Waals surface area contributed by atoms with Crippen molar-refractivity contribution in [1.29, 1.82) is 0 Å². The van der Waals surface area contributed by atoms with Crippen LogP contribution in [0.3, 0.4) is 0 Å². The molecule has 0 saturated carbocycles. The van der Waals surface area contributed by atoms with Gasteiger partial charge in [-0.25, -0.2) is 12.2 Å². The van der Waals surface area contributed by atoms with Crippen molar-refractivity contribution in [3.63, 3.8) is 0 Å². The van der Waals surface area contributed by atoms with Gasteiger partial charge in [0.2, 0.25) is 0 Å². The van der Waals surface area contributed by atoms with E-state index in [0.717, 1.165) is 6.42 Å². The van der Waals surface area contributed by atoms with Crippen LogP contribution in [0.4, 0.5) is 0 Å². The van der Waals surface area contributed by atoms with E-state index in [2.05, 4.69) is 12.2 Å². The summed E-state index contributed by atoms with van der Waals surface area (Å²) in [5, 5.41) is 8.63. The largest absolute Gasteiger partial charge is 0.508 e. The van der Waals surface area contributed by atoms with Gasteiger partial charge in [0.1, 0.15) is 5.75 Å². The van der Waals surface area contributed by atoms with Gasteiger partial charge in [-0.05, 0) is 12.1 Å². The Balaban J connectivity index is -0.000000165. The molecule has 1 nitrogen and oxygen atoms in total. The average Bonchev–Trinajstić information content (AvgIpc) is 2.62. The topological polar surface area (TPSA) is 20.2 Å². The maximum absolute atomic E-state index is 8.63. The number of hydrogen-bond donors (Lipinski definition) is 1. The fraction of sp³-hybridized carbons (Fsp3) is 0.0909. The van der Waals surface area contributed by atoms with Gasteiger partial charge < -0.3 is 5.11 Å². The number of phenolic OH excluding ortho intramolecular Hbond substituents is 1. The molecule has 0 bridgehead atoms. The van der Waals surface area contributed by atoms with Gasteiger partial charge in [-0.1, -0.05) is 18.2 Å². The zero-order chi connectivity index (χ0) is 8.65. The molecule has 1 aromatic carbocycles. The summed E-state index contributed by atoms with van der Waals surface area (Å²) < 4.78 is 0. The molecule has 0 atom stereocenters. The Hall–Kier alpha value is -0.336. The Bertz CT molecular complexity index is 263. The van der Waals surface area contributed by atoms with Gasteiger partial charge in [0.15, 0.2) is 0 Å². The number of hydrogen-bond acceptors (Lipinski definition) is 1. The van der Waals surface area contributed by atoms with Crippen LogP contribution in [0.25, 0.3) is 0 Å². The molecule has 1 radical (unpaired) electrons. The van der Waals surface area contributed by atoms with E-state index in [-0.39, 0.29) is 43.4 Å². The van der Waals surface area contributed by atoms with Crippen LogP contribution in [0.1, 0.15) is 6.42 Å². The van der Waals surface area contributed by atoms with Gasteiger partial charge in [-0.15, -0.1) is 31.2 Å². The summed E-state index contributed by atoms with van der Waals surface area (Å²) in [6, 6.07) is 8.71. The Labute approximate surface area is 115 Å². The van der Waals surface area contributed by atoms with Gasteiger partial charge in [-0.2, -0.15) is 6.08 Å². The summed E-state index contributed by atoms with van der Waals surface area (Å²) >= 11 is 0. The van der Waals surface area contributed by atoms with Crippen LogP contribution in [0.15, 0.2) is 48.6 Å². The second kappa shape index (κ2) is 13.7. The minimum atomic E-state index is 0. The Morgan fingerprint density at radius 1 is 1.07 bits per heavy atom. The molecule has 0 saturated heterocycles. The van der Waals surface area contributed by atoms with Crippen molar-refractivity contribution in [2.45, 2.75) is 6.42 Å². The third-order valence-electron chi connectivity index (χ3n) is 1.34. The van der Waals surface area contributed by atoms with Crippen LogP contribution in [-0.2, 0) is 18.6 Å². The molecule has 0 amide bonds. The maximum atomic E-state index is 8.63. The first-order valence-corrected chi connectivity index (χ1v) is 3.85. The molecule has 0 fully saturated rings. The van der Waals surface area contributed by atoms with E-state index < -0.39 is 0 Å². The van der Waals surface area contributed by atoms with E-state index in [1.54, 1.807) is 24.3 Å². The number of benzene rings is 1. The molecule has 0 unspecified atom stereocenters. The van der Waals surface area contributed by atoms with Gasteiger partial charge in [0.25, 0.3) is 0 Å². The molecule has 83 valence electrons. The molecule has 1 N–H and O–H groups in total. The monoisotopic (exact) mass is 282 g/mol. The fourth-order valence-electron chi connectivity index (χ4n) is 0.768. The van der Waals surface area contributed by atoms with E-state index in [0.29, 0.717) is 5.75 Å². The number of rotatable bonds is 0. The maximum Gasteiger partial charge on any atom is 0.115 e. The molecule has 0 aromatic heterocycles. The quantitative estimate of drug-likeness (QED) is 0.722. The minimum absolute atomic E-state index is 0. The average molecular weight is 283 g/mol. The van der Waals surface area contributed by atoms with E-state index in [1.807, 2.05) is 18.2 Å². The first kappa shape index (κ1) is 20.1. The zero-order valence-electron chi connectivity index (χ0n) is 8.04. The number of halogens is 2. The van der Waals surface area contributed by atoms with E-state index in [4.69, 9.17) is 5.11 Å². The van der Waals surface area contributed by atoms with Crippen LogP contribution >= 0.6 is 24.8 Å². The van der Waals surface area contributed by atoms with E-state index >= 15 is 0 Å². The van der Waals surface area contributed by atoms with Crippen LogP contribution in [0, 0.1) is 6.08 Å². The molecule has 1 aliphatic carbocycles. The molecule has 0 spiro atoms. The molecule has 1 aromatic rings. The van der Waals surface area contributed by atoms with Gasteiger partial charge >= 0.3 is 0 Å². The predicted octanol–water partition coefficient (Wildman–Crippen LogP) is 3.54. The van der Waals surface area contributed by atoms with Crippen molar-refractivity contribution in [1.82, 2.24) is 0 Å². The number of aromatic hydroxyl groups is 1. The minimum Gasteiger partial charge on any atom is -0.508 e. The predicted molar refractivity (Wildman–Crippen MR) is 64.2 cm³/mol. The molecule has 15 heavy (non-hydrogen) atoms. The zero-order valence-corrected chi connectivity index (χ0v) is 11.1. The van der Waals surface area contributed by atoms with Crippen molar-refractivity contribution >= 4 is 24.8 Å². The van der Waals surface area contributed by atoms with Crippen molar-refractivity contribution in [3.05, 3.63) is 54.6 Å². The summed E-state index contributed by atoms with van der Waals surface area (Å²) in [4.78, 5) is 0. The van der Waals surface area contributed by atoms with Crippen molar-refractivity contribution in [2.24, 2.45) is 0 Å². The van der Waals surface area contributed by atoms with Crippen molar-refractivity contribution < 1.29 is 23.7 Å². The number of allylic oxidation sites excluding steroid dienone is 4. The smallest absolute Gasteiger partial charge is 0.115 e. The second-order valence-corrected chi connectivity index (χ2v) is 2.34. The van der Waals surface area contributed by atoms with Gasteiger partial charge in [0, 0.05) is 18.6 Å². The fourth-order valence-corrected chi connectivity index (χ4v) is 0.768. The third kappa shape index (κ3) is 11.6. The normalized spacial score (nSPS) is 9.87. The van der Waals surface area contributed by atoms with Crippen molar-refractivity contribution in [3.8, 4) is 5.75 Å².